The van der Waals surface area contributed by atoms with Gasteiger partial charge in [-0.2, -0.15) is 0 Å². The fourth-order valence-electron chi connectivity index (χ4n) is 1.34. The van der Waals surface area contributed by atoms with Gasteiger partial charge in [-0.1, -0.05) is 23.8 Å². The second-order valence-electron chi connectivity index (χ2n) is 3.17. The first kappa shape index (κ1) is 8.69. The van der Waals surface area contributed by atoms with E-state index in [1.165, 1.54) is 5.56 Å². The first-order chi connectivity index (χ1) is 6.75. The maximum Gasteiger partial charge on any atom is 0.220 e. The Balaban J connectivity index is 2.49. The van der Waals surface area contributed by atoms with Crippen molar-refractivity contribution in [1.82, 2.24) is 9.97 Å². The fourth-order valence-corrected chi connectivity index (χ4v) is 1.34. The Hall–Kier alpha value is -1.90. The Labute approximate surface area is 82.6 Å². The van der Waals surface area contributed by atoms with Gasteiger partial charge in [-0.15, -0.1) is 0 Å². The molecule has 1 aromatic carbocycles. The largest absolute Gasteiger partial charge is 0.368 e. The number of hydrogen-bond acceptors (Lipinski definition) is 3. The van der Waals surface area contributed by atoms with E-state index < -0.39 is 0 Å². The van der Waals surface area contributed by atoms with Crippen LogP contribution in [-0.4, -0.2) is 9.97 Å². The molecule has 2 rings (SSSR count). The summed E-state index contributed by atoms with van der Waals surface area (Å²) in [5.74, 6) is 0.309. The normalized spacial score (nSPS) is 10.1. The maximum atomic E-state index is 5.51. The van der Waals surface area contributed by atoms with Gasteiger partial charge in [0.05, 0.1) is 5.69 Å². The minimum Gasteiger partial charge on any atom is -0.368 e. The summed E-state index contributed by atoms with van der Waals surface area (Å²) in [6.45, 7) is 2.05. The summed E-state index contributed by atoms with van der Waals surface area (Å²) in [6.07, 6.45) is 1.67. The summed E-state index contributed by atoms with van der Waals surface area (Å²) in [5.41, 5.74) is 8.65. The van der Waals surface area contributed by atoms with Crippen LogP contribution in [0.3, 0.4) is 0 Å². The van der Waals surface area contributed by atoms with E-state index in [2.05, 4.69) is 16.0 Å². The van der Waals surface area contributed by atoms with Gasteiger partial charge in [0.2, 0.25) is 5.95 Å². The van der Waals surface area contributed by atoms with Crippen molar-refractivity contribution >= 4 is 5.95 Å². The molecule has 1 heterocycles. The van der Waals surface area contributed by atoms with Crippen LogP contribution in [0.25, 0.3) is 11.3 Å². The highest BCUT2D eigenvalue weighted by Gasteiger charge is 1.99. The van der Waals surface area contributed by atoms with Crippen molar-refractivity contribution in [2.45, 2.75) is 6.92 Å². The average Bonchev–Trinajstić information content (AvgIpc) is 2.18. The molecule has 1 aromatic heterocycles. The molecule has 0 aliphatic rings. The van der Waals surface area contributed by atoms with Crippen LogP contribution in [0.5, 0.6) is 0 Å². The lowest BCUT2D eigenvalue weighted by Crippen LogP contribution is -1.95. The molecular weight excluding hydrogens is 174 g/mol. The van der Waals surface area contributed by atoms with Crippen LogP contribution in [0.15, 0.2) is 36.5 Å². The second kappa shape index (κ2) is 3.46. The van der Waals surface area contributed by atoms with E-state index in [0.29, 0.717) is 5.95 Å². The van der Waals surface area contributed by atoms with E-state index in [0.717, 1.165) is 11.3 Å². The molecule has 2 N–H and O–H groups in total. The third-order valence-electron chi connectivity index (χ3n) is 1.99. The van der Waals surface area contributed by atoms with Crippen LogP contribution in [0.2, 0.25) is 0 Å². The molecule has 3 heteroatoms. The van der Waals surface area contributed by atoms with Crippen molar-refractivity contribution in [2.24, 2.45) is 0 Å². The molecular formula is C11H11N3. The molecule has 0 radical (unpaired) electrons. The second-order valence-corrected chi connectivity index (χ2v) is 3.17. The van der Waals surface area contributed by atoms with E-state index in [4.69, 9.17) is 5.73 Å². The van der Waals surface area contributed by atoms with Gasteiger partial charge >= 0.3 is 0 Å². The predicted octanol–water partition coefficient (Wildman–Crippen LogP) is 2.03. The molecule has 0 atom stereocenters. The molecule has 0 aliphatic heterocycles. The highest BCUT2D eigenvalue weighted by atomic mass is 15.0. The first-order valence-electron chi connectivity index (χ1n) is 4.41. The predicted molar refractivity (Wildman–Crippen MR) is 56.6 cm³/mol. The Bertz CT molecular complexity index is 408. The quantitative estimate of drug-likeness (QED) is 0.739. The number of hydrogen-bond donors (Lipinski definition) is 1. The topological polar surface area (TPSA) is 51.8 Å². The molecule has 0 saturated heterocycles. The van der Waals surface area contributed by atoms with Crippen LogP contribution in [0.1, 0.15) is 5.56 Å². The molecule has 0 fully saturated rings. The zero-order valence-corrected chi connectivity index (χ0v) is 7.94. The fraction of sp³-hybridized carbons (Fsp3) is 0.0909. The van der Waals surface area contributed by atoms with Crippen molar-refractivity contribution in [3.05, 3.63) is 42.1 Å². The molecule has 0 bridgehead atoms. The summed E-state index contributed by atoms with van der Waals surface area (Å²) in [7, 11) is 0. The first-order valence-corrected chi connectivity index (χ1v) is 4.41. The van der Waals surface area contributed by atoms with Gasteiger partial charge in [0.1, 0.15) is 0 Å². The van der Waals surface area contributed by atoms with Gasteiger partial charge in [-0.05, 0) is 19.1 Å². The molecule has 0 spiro atoms. The molecule has 70 valence electrons. The van der Waals surface area contributed by atoms with Crippen molar-refractivity contribution in [2.75, 3.05) is 5.73 Å². The Morgan fingerprint density at radius 1 is 1.21 bits per heavy atom. The molecule has 0 unspecified atom stereocenters. The molecule has 0 amide bonds. The van der Waals surface area contributed by atoms with Crippen molar-refractivity contribution in [3.63, 3.8) is 0 Å². The monoisotopic (exact) mass is 185 g/mol. The van der Waals surface area contributed by atoms with Crippen LogP contribution in [0, 0.1) is 6.92 Å². The van der Waals surface area contributed by atoms with Crippen LogP contribution in [0.4, 0.5) is 5.95 Å². The third kappa shape index (κ3) is 1.71. The van der Waals surface area contributed by atoms with Crippen molar-refractivity contribution < 1.29 is 0 Å². The van der Waals surface area contributed by atoms with E-state index >= 15 is 0 Å². The molecule has 3 nitrogen and oxygen atoms in total. The number of anilines is 1. The van der Waals surface area contributed by atoms with Gasteiger partial charge in [-0.3, -0.25) is 0 Å². The Morgan fingerprint density at radius 2 is 2.07 bits per heavy atom. The van der Waals surface area contributed by atoms with Crippen LogP contribution >= 0.6 is 0 Å². The van der Waals surface area contributed by atoms with Gasteiger partial charge in [-0.25, -0.2) is 9.97 Å². The van der Waals surface area contributed by atoms with Crippen LogP contribution in [-0.2, 0) is 0 Å². The number of aryl methyl sites for hydroxylation is 1. The van der Waals surface area contributed by atoms with Crippen molar-refractivity contribution in [3.8, 4) is 11.3 Å². The van der Waals surface area contributed by atoms with Gasteiger partial charge in [0.15, 0.2) is 0 Å². The molecule has 2 aromatic rings. The van der Waals surface area contributed by atoms with E-state index in [1.807, 2.05) is 31.2 Å². The summed E-state index contributed by atoms with van der Waals surface area (Å²) in [6, 6.07) is 9.98. The van der Waals surface area contributed by atoms with E-state index in [1.54, 1.807) is 6.20 Å². The minimum absolute atomic E-state index is 0.309. The van der Waals surface area contributed by atoms with Gasteiger partial charge in [0.25, 0.3) is 0 Å². The maximum absolute atomic E-state index is 5.51. The number of nitrogens with two attached hydrogens (primary N) is 1. The minimum atomic E-state index is 0.309. The number of nitrogen functional groups attached to an aromatic ring is 1. The van der Waals surface area contributed by atoms with Crippen molar-refractivity contribution in [1.29, 1.82) is 0 Å². The lowest BCUT2D eigenvalue weighted by molar-refractivity contribution is 1.19. The SMILES string of the molecule is Cc1cccc(-c2ccnc(N)n2)c1. The van der Waals surface area contributed by atoms with Gasteiger partial charge < -0.3 is 5.73 Å². The summed E-state index contributed by atoms with van der Waals surface area (Å²) >= 11 is 0. The van der Waals surface area contributed by atoms with E-state index in [-0.39, 0.29) is 0 Å². The van der Waals surface area contributed by atoms with E-state index in [9.17, 15) is 0 Å². The zero-order chi connectivity index (χ0) is 9.97. The summed E-state index contributed by atoms with van der Waals surface area (Å²) in [5, 5.41) is 0. The molecule has 14 heavy (non-hydrogen) atoms. The summed E-state index contributed by atoms with van der Waals surface area (Å²) < 4.78 is 0. The summed E-state index contributed by atoms with van der Waals surface area (Å²) in [4.78, 5) is 8.01. The number of rotatable bonds is 1. The number of benzene rings is 1. The highest BCUT2D eigenvalue weighted by Crippen LogP contribution is 2.17. The number of aromatic nitrogens is 2. The highest BCUT2D eigenvalue weighted by molar-refractivity contribution is 5.60. The Morgan fingerprint density at radius 3 is 2.79 bits per heavy atom. The van der Waals surface area contributed by atoms with Crippen LogP contribution < -0.4 is 5.73 Å². The van der Waals surface area contributed by atoms with Gasteiger partial charge in [0, 0.05) is 11.8 Å². The zero-order valence-electron chi connectivity index (χ0n) is 7.94. The Kier molecular flexibility index (Phi) is 2.14. The lowest BCUT2D eigenvalue weighted by Gasteiger charge is -2.01. The third-order valence-corrected chi connectivity index (χ3v) is 1.99. The standard InChI is InChI=1S/C11H11N3/c1-8-3-2-4-9(7-8)10-5-6-13-11(12)14-10/h2-7H,1H3,(H2,12,13,14). The average molecular weight is 185 g/mol. The molecule has 0 aliphatic carbocycles. The molecule has 0 saturated carbocycles. The lowest BCUT2D eigenvalue weighted by atomic mass is 10.1. The number of nitrogens with zero attached hydrogens (tertiary/aromatic N) is 2. The smallest absolute Gasteiger partial charge is 0.220 e.